The van der Waals surface area contributed by atoms with Crippen LogP contribution in [0.5, 0.6) is 0 Å². The molecule has 7 nitrogen and oxygen atoms in total. The molecular formula is C16H25ClN2O5S. The Kier molecular flexibility index (Phi) is 9.69. The van der Waals surface area contributed by atoms with Gasteiger partial charge in [-0.3, -0.25) is 9.59 Å². The summed E-state index contributed by atoms with van der Waals surface area (Å²) in [6.45, 7) is 4.05. The van der Waals surface area contributed by atoms with Crippen LogP contribution < -0.4 is 11.1 Å². The highest BCUT2D eigenvalue weighted by Gasteiger charge is 2.18. The fraction of sp³-hybridized carbons (Fsp3) is 0.500. The number of carbonyl (C=O) groups is 2. The predicted octanol–water partition coefficient (Wildman–Crippen LogP) is 0.796. The van der Waals surface area contributed by atoms with Gasteiger partial charge in [-0.15, -0.1) is 12.4 Å². The Morgan fingerprint density at radius 2 is 1.68 bits per heavy atom. The van der Waals surface area contributed by atoms with Gasteiger partial charge in [-0.1, -0.05) is 38.1 Å². The Morgan fingerprint density at radius 3 is 2.16 bits per heavy atom. The molecule has 1 atom stereocenters. The number of esters is 1. The van der Waals surface area contributed by atoms with Gasteiger partial charge in [-0.05, 0) is 17.0 Å². The number of rotatable bonds is 8. The zero-order chi connectivity index (χ0) is 18.3. The summed E-state index contributed by atoms with van der Waals surface area (Å²) in [4.78, 5) is 22.9. The van der Waals surface area contributed by atoms with Crippen molar-refractivity contribution in [2.45, 2.75) is 32.2 Å². The van der Waals surface area contributed by atoms with Crippen LogP contribution in [0, 0.1) is 5.92 Å². The van der Waals surface area contributed by atoms with Crippen molar-refractivity contribution in [1.82, 2.24) is 5.32 Å². The molecule has 25 heavy (non-hydrogen) atoms. The minimum atomic E-state index is -3.57. The molecule has 3 N–H and O–H groups in total. The van der Waals surface area contributed by atoms with Gasteiger partial charge < -0.3 is 15.8 Å². The van der Waals surface area contributed by atoms with Crippen LogP contribution in [0.1, 0.15) is 25.0 Å². The summed E-state index contributed by atoms with van der Waals surface area (Å²) < 4.78 is 28.0. The normalized spacial score (nSPS) is 12.2. The first-order valence-corrected chi connectivity index (χ1v) is 9.35. The Bertz CT molecular complexity index is 674. The van der Waals surface area contributed by atoms with Crippen LogP contribution in [0.25, 0.3) is 0 Å². The number of ether oxygens (including phenoxy) is 1. The molecule has 0 aromatic heterocycles. The molecule has 142 valence electrons. The van der Waals surface area contributed by atoms with E-state index in [0.29, 0.717) is 12.1 Å². The lowest BCUT2D eigenvalue weighted by atomic mass is 10.0. The molecule has 0 heterocycles. The third-order valence-electron chi connectivity index (χ3n) is 3.46. The number of halogens is 1. The number of hydrogen-bond donors (Lipinski definition) is 2. The van der Waals surface area contributed by atoms with Gasteiger partial charge in [0.15, 0.2) is 9.84 Å². The molecule has 1 amide bonds. The van der Waals surface area contributed by atoms with Crippen LogP contribution in [0.3, 0.4) is 0 Å². The Labute approximate surface area is 154 Å². The molecule has 0 aliphatic heterocycles. The first kappa shape index (κ1) is 23.4. The van der Waals surface area contributed by atoms with Gasteiger partial charge in [0.1, 0.15) is 5.75 Å². The number of nitrogens with two attached hydrogens (primary N) is 1. The fourth-order valence-corrected chi connectivity index (χ4v) is 3.19. The van der Waals surface area contributed by atoms with Gasteiger partial charge in [-0.2, -0.15) is 0 Å². The first-order chi connectivity index (χ1) is 11.1. The van der Waals surface area contributed by atoms with E-state index in [4.69, 9.17) is 5.73 Å². The zero-order valence-electron chi connectivity index (χ0n) is 14.5. The lowest BCUT2D eigenvalue weighted by Crippen LogP contribution is -2.43. The Hall–Kier alpha value is -1.64. The molecule has 0 spiro atoms. The predicted molar refractivity (Wildman–Crippen MR) is 97.9 cm³/mol. The van der Waals surface area contributed by atoms with Gasteiger partial charge in [0.2, 0.25) is 5.91 Å². The number of amides is 1. The van der Waals surface area contributed by atoms with Gasteiger partial charge >= 0.3 is 5.97 Å². The number of methoxy groups -OCH3 is 1. The van der Waals surface area contributed by atoms with E-state index in [1.54, 1.807) is 24.3 Å². The standard InChI is InChI=1S/C16H24N2O5S.ClH/c1-11(2)15(17)16(20)18-8-12-4-6-13(7-5-12)9-24(21,22)10-14(19)23-3;/h4-7,11,15H,8-10,17H2,1-3H3,(H,18,20);1H/t15-;/m0./s1. The van der Waals surface area contributed by atoms with Crippen molar-refractivity contribution in [1.29, 1.82) is 0 Å². The smallest absolute Gasteiger partial charge is 0.320 e. The van der Waals surface area contributed by atoms with Crippen molar-refractivity contribution in [3.8, 4) is 0 Å². The van der Waals surface area contributed by atoms with E-state index in [-0.39, 0.29) is 30.0 Å². The number of carbonyl (C=O) groups excluding carboxylic acids is 2. The van der Waals surface area contributed by atoms with Gasteiger partial charge in [0.25, 0.3) is 0 Å². The van der Waals surface area contributed by atoms with E-state index in [0.717, 1.165) is 12.7 Å². The highest BCUT2D eigenvalue weighted by molar-refractivity contribution is 7.91. The summed E-state index contributed by atoms with van der Waals surface area (Å²) in [5, 5.41) is 2.74. The SMILES string of the molecule is COC(=O)CS(=O)(=O)Cc1ccc(CNC(=O)[C@@H](N)C(C)C)cc1.Cl. The maximum Gasteiger partial charge on any atom is 0.320 e. The van der Waals surface area contributed by atoms with Crippen molar-refractivity contribution >= 4 is 34.1 Å². The van der Waals surface area contributed by atoms with Crippen molar-refractivity contribution in [2.75, 3.05) is 12.9 Å². The average Bonchev–Trinajstić information content (AvgIpc) is 2.52. The molecule has 0 fully saturated rings. The van der Waals surface area contributed by atoms with E-state index < -0.39 is 27.6 Å². The topological polar surface area (TPSA) is 116 Å². The third-order valence-corrected chi connectivity index (χ3v) is 4.91. The van der Waals surface area contributed by atoms with E-state index in [1.165, 1.54) is 0 Å². The molecule has 0 radical (unpaired) electrons. The summed E-state index contributed by atoms with van der Waals surface area (Å²) in [6, 6.07) is 6.19. The Morgan fingerprint density at radius 1 is 1.16 bits per heavy atom. The second-order valence-corrected chi connectivity index (χ2v) is 7.98. The second-order valence-electron chi connectivity index (χ2n) is 5.91. The second kappa shape index (κ2) is 10.4. The maximum absolute atomic E-state index is 11.8. The lowest BCUT2D eigenvalue weighted by molar-refractivity contribution is -0.137. The minimum Gasteiger partial charge on any atom is -0.468 e. The number of nitrogens with one attached hydrogen (secondary N) is 1. The van der Waals surface area contributed by atoms with Crippen LogP contribution >= 0.6 is 12.4 Å². The lowest BCUT2D eigenvalue weighted by Gasteiger charge is -2.15. The third kappa shape index (κ3) is 8.33. The molecule has 1 aromatic carbocycles. The van der Waals surface area contributed by atoms with E-state index in [9.17, 15) is 18.0 Å². The van der Waals surface area contributed by atoms with Crippen molar-refractivity contribution in [3.05, 3.63) is 35.4 Å². The van der Waals surface area contributed by atoms with Crippen molar-refractivity contribution in [3.63, 3.8) is 0 Å². The van der Waals surface area contributed by atoms with Crippen LogP contribution in [0.15, 0.2) is 24.3 Å². The highest BCUT2D eigenvalue weighted by atomic mass is 35.5. The van der Waals surface area contributed by atoms with Gasteiger partial charge in [-0.25, -0.2) is 8.42 Å². The number of benzene rings is 1. The molecule has 0 aliphatic rings. The quantitative estimate of drug-likeness (QED) is 0.632. The number of hydrogen-bond acceptors (Lipinski definition) is 6. The van der Waals surface area contributed by atoms with E-state index in [1.807, 2.05) is 13.8 Å². The molecule has 0 aliphatic carbocycles. The molecule has 9 heteroatoms. The molecule has 0 bridgehead atoms. The van der Waals surface area contributed by atoms with E-state index >= 15 is 0 Å². The van der Waals surface area contributed by atoms with Gasteiger partial charge in [0, 0.05) is 6.54 Å². The number of sulfone groups is 1. The zero-order valence-corrected chi connectivity index (χ0v) is 16.2. The summed E-state index contributed by atoms with van der Waals surface area (Å²) in [7, 11) is -2.42. The molecule has 0 unspecified atom stereocenters. The maximum atomic E-state index is 11.8. The average molecular weight is 393 g/mol. The summed E-state index contributed by atoms with van der Waals surface area (Å²) in [6.07, 6.45) is 0. The first-order valence-electron chi connectivity index (χ1n) is 7.53. The largest absolute Gasteiger partial charge is 0.468 e. The molecule has 0 saturated heterocycles. The summed E-state index contributed by atoms with van der Waals surface area (Å²) >= 11 is 0. The van der Waals surface area contributed by atoms with Crippen LogP contribution in [0.2, 0.25) is 0 Å². The molecule has 0 saturated carbocycles. The molecule has 1 aromatic rings. The van der Waals surface area contributed by atoms with E-state index in [2.05, 4.69) is 10.1 Å². The fourth-order valence-electron chi connectivity index (χ4n) is 1.91. The van der Waals surface area contributed by atoms with Crippen LogP contribution in [-0.4, -0.2) is 39.2 Å². The molecule has 1 rings (SSSR count). The highest BCUT2D eigenvalue weighted by Crippen LogP contribution is 2.10. The van der Waals surface area contributed by atoms with Crippen LogP contribution in [-0.2, 0) is 36.5 Å². The minimum absolute atomic E-state index is 0. The van der Waals surface area contributed by atoms with Crippen LogP contribution in [0.4, 0.5) is 0 Å². The van der Waals surface area contributed by atoms with Crippen molar-refractivity contribution in [2.24, 2.45) is 11.7 Å². The molecular weight excluding hydrogens is 368 g/mol. The van der Waals surface area contributed by atoms with Crippen molar-refractivity contribution < 1.29 is 22.7 Å². The van der Waals surface area contributed by atoms with Gasteiger partial charge in [0.05, 0.1) is 18.9 Å². The monoisotopic (exact) mass is 392 g/mol. The Balaban J connectivity index is 0.00000576. The summed E-state index contributed by atoms with van der Waals surface area (Å²) in [5.74, 6) is -1.85. The summed E-state index contributed by atoms with van der Waals surface area (Å²) in [5.41, 5.74) is 7.14.